The fourth-order valence-electron chi connectivity index (χ4n) is 4.00. The Bertz CT molecular complexity index is 275. The number of hydrogen-bond donors (Lipinski definition) is 0. The molecule has 2 heteroatoms. The molecule has 2 aliphatic rings. The summed E-state index contributed by atoms with van der Waals surface area (Å²) in [5.74, 6) is 0.573. The third-order valence-electron chi connectivity index (χ3n) is 5.17. The molecule has 2 rings (SSSR count). The van der Waals surface area contributed by atoms with Gasteiger partial charge in [0.1, 0.15) is 0 Å². The molecular weight excluding hydrogens is 234 g/mol. The summed E-state index contributed by atoms with van der Waals surface area (Å²) in [5.41, 5.74) is -0.0265. The lowest BCUT2D eigenvalue weighted by Crippen LogP contribution is -2.51. The van der Waals surface area contributed by atoms with Gasteiger partial charge >= 0.3 is 0 Å². The van der Waals surface area contributed by atoms with Crippen LogP contribution < -0.4 is 0 Å². The number of rotatable bonds is 8. The summed E-state index contributed by atoms with van der Waals surface area (Å²) in [6, 6.07) is 0. The highest BCUT2D eigenvalue weighted by molar-refractivity contribution is 5.88. The number of ketones is 1. The lowest BCUT2D eigenvalue weighted by Gasteiger charge is -2.37. The summed E-state index contributed by atoms with van der Waals surface area (Å²) in [6.07, 6.45) is 14.5. The minimum Gasteiger partial charge on any atom is -0.298 e. The van der Waals surface area contributed by atoms with Crippen LogP contribution in [0.15, 0.2) is 0 Å². The van der Waals surface area contributed by atoms with E-state index in [0.29, 0.717) is 5.78 Å². The van der Waals surface area contributed by atoms with Gasteiger partial charge in [-0.05, 0) is 45.2 Å². The maximum absolute atomic E-state index is 12.7. The quantitative estimate of drug-likeness (QED) is 0.609. The number of hydrogen-bond acceptors (Lipinski definition) is 2. The summed E-state index contributed by atoms with van der Waals surface area (Å²) in [6.45, 7) is 4.58. The topological polar surface area (TPSA) is 20.3 Å². The predicted molar refractivity (Wildman–Crippen MR) is 80.4 cm³/mol. The van der Waals surface area contributed by atoms with Crippen LogP contribution in [0.25, 0.3) is 0 Å². The van der Waals surface area contributed by atoms with E-state index in [1.165, 1.54) is 64.5 Å². The van der Waals surface area contributed by atoms with E-state index in [1.807, 2.05) is 0 Å². The van der Waals surface area contributed by atoms with E-state index in [4.69, 9.17) is 0 Å². The third kappa shape index (κ3) is 3.59. The number of Topliss-reactive ketones (excluding diaryl/α,β-unsaturated/α-hetero) is 1. The van der Waals surface area contributed by atoms with Crippen molar-refractivity contribution >= 4 is 5.78 Å². The van der Waals surface area contributed by atoms with Crippen LogP contribution in [0.1, 0.15) is 84.0 Å². The zero-order valence-corrected chi connectivity index (χ0v) is 12.8. The van der Waals surface area contributed by atoms with Crippen molar-refractivity contribution < 1.29 is 4.79 Å². The first kappa shape index (κ1) is 15.0. The first-order valence-corrected chi connectivity index (χ1v) is 8.58. The monoisotopic (exact) mass is 265 g/mol. The van der Waals surface area contributed by atoms with E-state index < -0.39 is 0 Å². The molecule has 110 valence electrons. The molecule has 2 nitrogen and oxygen atoms in total. The second kappa shape index (κ2) is 7.42. The highest BCUT2D eigenvalue weighted by atomic mass is 16.1. The van der Waals surface area contributed by atoms with Gasteiger partial charge < -0.3 is 0 Å². The second-order valence-corrected chi connectivity index (χ2v) is 6.52. The van der Waals surface area contributed by atoms with Gasteiger partial charge in [-0.1, -0.05) is 45.4 Å². The molecule has 0 N–H and O–H groups in total. The van der Waals surface area contributed by atoms with Crippen molar-refractivity contribution in [1.82, 2.24) is 4.90 Å². The molecule has 1 heterocycles. The van der Waals surface area contributed by atoms with Gasteiger partial charge in [0.05, 0.1) is 5.54 Å². The van der Waals surface area contributed by atoms with E-state index in [0.717, 1.165) is 25.7 Å². The van der Waals surface area contributed by atoms with Crippen LogP contribution in [0.3, 0.4) is 0 Å². The van der Waals surface area contributed by atoms with E-state index in [2.05, 4.69) is 11.8 Å². The normalized spacial score (nSPS) is 23.0. The standard InChI is InChI=1S/C17H31NO/c1-2-3-4-5-6-11-16(19)17(12-7-8-13-17)18-14-9-10-15-18/h2-15H2,1H3. The van der Waals surface area contributed by atoms with Gasteiger partial charge in [-0.15, -0.1) is 0 Å². The molecule has 1 saturated carbocycles. The van der Waals surface area contributed by atoms with Gasteiger partial charge in [-0.3, -0.25) is 9.69 Å². The molecule has 1 saturated heterocycles. The van der Waals surface area contributed by atoms with Crippen LogP contribution in [-0.4, -0.2) is 29.3 Å². The molecule has 0 aromatic rings. The van der Waals surface area contributed by atoms with Crippen molar-refractivity contribution in [2.45, 2.75) is 89.5 Å². The lowest BCUT2D eigenvalue weighted by molar-refractivity contribution is -0.130. The molecule has 2 fully saturated rings. The smallest absolute Gasteiger partial charge is 0.153 e. The number of nitrogens with zero attached hydrogens (tertiary/aromatic N) is 1. The summed E-state index contributed by atoms with van der Waals surface area (Å²) in [7, 11) is 0. The molecular formula is C17H31NO. The molecule has 0 spiro atoms. The zero-order valence-electron chi connectivity index (χ0n) is 12.8. The Labute approximate surface area is 118 Å². The fourth-order valence-corrected chi connectivity index (χ4v) is 4.00. The number of carbonyl (C=O) groups excluding carboxylic acids is 1. The van der Waals surface area contributed by atoms with Crippen molar-refractivity contribution in [1.29, 1.82) is 0 Å². The van der Waals surface area contributed by atoms with Gasteiger partial charge in [0, 0.05) is 6.42 Å². The van der Waals surface area contributed by atoms with Crippen LogP contribution in [-0.2, 0) is 4.79 Å². The third-order valence-corrected chi connectivity index (χ3v) is 5.17. The maximum atomic E-state index is 12.7. The molecule has 0 radical (unpaired) electrons. The minimum absolute atomic E-state index is 0.0265. The van der Waals surface area contributed by atoms with Gasteiger partial charge in [-0.2, -0.15) is 0 Å². The van der Waals surface area contributed by atoms with Crippen molar-refractivity contribution in [2.24, 2.45) is 0 Å². The largest absolute Gasteiger partial charge is 0.298 e. The predicted octanol–water partition coefficient (Wildman–Crippen LogP) is 4.32. The zero-order chi connectivity index (χ0) is 13.6. The SMILES string of the molecule is CCCCCCCC(=O)C1(N2CCCC2)CCCC1. The van der Waals surface area contributed by atoms with Gasteiger partial charge in [0.25, 0.3) is 0 Å². The Hall–Kier alpha value is -0.370. The van der Waals surface area contributed by atoms with Crippen molar-refractivity contribution in [3.63, 3.8) is 0 Å². The molecule has 0 aromatic heterocycles. The summed E-state index contributed by atoms with van der Waals surface area (Å²) in [4.78, 5) is 15.3. The van der Waals surface area contributed by atoms with Crippen LogP contribution in [0.4, 0.5) is 0 Å². The first-order chi connectivity index (χ1) is 9.29. The van der Waals surface area contributed by atoms with Gasteiger partial charge in [-0.25, -0.2) is 0 Å². The van der Waals surface area contributed by atoms with Crippen LogP contribution in [0, 0.1) is 0 Å². The highest BCUT2D eigenvalue weighted by Gasteiger charge is 2.45. The van der Waals surface area contributed by atoms with E-state index in [1.54, 1.807) is 0 Å². The van der Waals surface area contributed by atoms with Crippen LogP contribution in [0.2, 0.25) is 0 Å². The average Bonchev–Trinajstić information content (AvgIpc) is 3.09. The molecule has 0 bridgehead atoms. The Morgan fingerprint density at radius 3 is 2.21 bits per heavy atom. The highest BCUT2D eigenvalue weighted by Crippen LogP contribution is 2.39. The number of carbonyl (C=O) groups is 1. The molecule has 1 aliphatic heterocycles. The van der Waals surface area contributed by atoms with E-state index >= 15 is 0 Å². The summed E-state index contributed by atoms with van der Waals surface area (Å²) in [5, 5.41) is 0. The van der Waals surface area contributed by atoms with Crippen molar-refractivity contribution in [3.05, 3.63) is 0 Å². The van der Waals surface area contributed by atoms with E-state index in [-0.39, 0.29) is 5.54 Å². The molecule has 19 heavy (non-hydrogen) atoms. The summed E-state index contributed by atoms with van der Waals surface area (Å²) >= 11 is 0. The Kier molecular flexibility index (Phi) is 5.87. The summed E-state index contributed by atoms with van der Waals surface area (Å²) < 4.78 is 0. The van der Waals surface area contributed by atoms with Crippen molar-refractivity contribution in [3.8, 4) is 0 Å². The van der Waals surface area contributed by atoms with Crippen molar-refractivity contribution in [2.75, 3.05) is 13.1 Å². The maximum Gasteiger partial charge on any atom is 0.153 e. The minimum atomic E-state index is -0.0265. The van der Waals surface area contributed by atoms with Crippen LogP contribution in [0.5, 0.6) is 0 Å². The molecule has 1 aliphatic carbocycles. The second-order valence-electron chi connectivity index (χ2n) is 6.52. The van der Waals surface area contributed by atoms with E-state index in [9.17, 15) is 4.79 Å². The van der Waals surface area contributed by atoms with Crippen LogP contribution >= 0.6 is 0 Å². The van der Waals surface area contributed by atoms with Gasteiger partial charge in [0.15, 0.2) is 5.78 Å². The lowest BCUT2D eigenvalue weighted by atomic mass is 9.87. The molecule has 0 atom stereocenters. The Morgan fingerprint density at radius 1 is 0.947 bits per heavy atom. The Morgan fingerprint density at radius 2 is 1.58 bits per heavy atom. The molecule has 0 aromatic carbocycles. The number of likely N-dealkylation sites (tertiary alicyclic amines) is 1. The average molecular weight is 265 g/mol. The molecule has 0 unspecified atom stereocenters. The number of unbranched alkanes of at least 4 members (excludes halogenated alkanes) is 4. The molecule has 0 amide bonds. The first-order valence-electron chi connectivity index (χ1n) is 8.58. The Balaban J connectivity index is 1.82. The fraction of sp³-hybridized carbons (Fsp3) is 0.941. The van der Waals surface area contributed by atoms with Gasteiger partial charge in [0.2, 0.25) is 0 Å².